The number of urea groups is 1. The number of hydrogen-bond acceptors (Lipinski definition) is 25. The van der Waals surface area contributed by atoms with Crippen LogP contribution in [-0.2, 0) is 60.7 Å². The van der Waals surface area contributed by atoms with Crippen molar-refractivity contribution >= 4 is 124 Å². The number of nitrogens with one attached hydrogen (secondary N) is 2. The summed E-state index contributed by atoms with van der Waals surface area (Å²) >= 11 is 0. The second kappa shape index (κ2) is 31.3. The maximum absolute atomic E-state index is 14.0. The van der Waals surface area contributed by atoms with E-state index in [1.807, 2.05) is 0 Å². The minimum atomic E-state index is -4.48. The fraction of sp³-hybridized carbons (Fsp3) is 0.302. The third kappa shape index (κ3) is 24.4. The molecule has 0 saturated heterocycles. The molecule has 39 heteroatoms. The van der Waals surface area contributed by atoms with Crippen LogP contribution in [0.15, 0.2) is 148 Å². The molecule has 6 rings (SSSR count). The van der Waals surface area contributed by atoms with Crippen molar-refractivity contribution in [3.63, 3.8) is 0 Å². The molecule has 8 N–H and O–H groups in total. The molecule has 6 aromatic carbocycles. The van der Waals surface area contributed by atoms with Crippen LogP contribution in [-0.4, -0.2) is 133 Å². The lowest BCUT2D eigenvalue weighted by molar-refractivity contribution is 0.261. The lowest BCUT2D eigenvalue weighted by Gasteiger charge is -2.17. The fourth-order valence-electron chi connectivity index (χ4n) is 7.71. The van der Waals surface area contributed by atoms with Crippen LogP contribution >= 0.6 is 0 Å². The van der Waals surface area contributed by atoms with Crippen molar-refractivity contribution in [2.45, 2.75) is 63.2 Å². The monoisotopic (exact) mass is 1400 g/mol. The number of amides is 2. The Morgan fingerprint density at radius 1 is 0.348 bits per heavy atom. The topological polar surface area (TPSA) is 503 Å². The van der Waals surface area contributed by atoms with Gasteiger partial charge in [0.25, 0.3) is 60.7 Å². The van der Waals surface area contributed by atoms with Crippen molar-refractivity contribution in [2.75, 3.05) is 60.1 Å². The summed E-state index contributed by atoms with van der Waals surface area (Å²) in [5.74, 6) is -2.85. The summed E-state index contributed by atoms with van der Waals surface area (Å²) in [6, 6.07) is 20.0. The first-order chi connectivity index (χ1) is 42.9. The molecule has 0 bridgehead atoms. The number of azo groups is 4. The van der Waals surface area contributed by atoms with E-state index in [2.05, 4.69) is 51.5 Å². The first-order valence-corrected chi connectivity index (χ1v) is 36.0. The van der Waals surface area contributed by atoms with Gasteiger partial charge in [-0.1, -0.05) is 0 Å². The molecule has 0 fully saturated rings. The molecule has 6 aromatic rings. The summed E-state index contributed by atoms with van der Waals surface area (Å²) in [6.45, 7) is 5.27. The van der Waals surface area contributed by atoms with Crippen LogP contribution in [0.3, 0.4) is 0 Å². The van der Waals surface area contributed by atoms with Gasteiger partial charge in [0.05, 0.1) is 105 Å². The first-order valence-electron chi connectivity index (χ1n) is 26.7. The first kappa shape index (κ1) is 72.7. The number of ether oxygens (including phenoxy) is 4. The zero-order valence-corrected chi connectivity index (χ0v) is 53.8. The Labute approximate surface area is 528 Å². The highest BCUT2D eigenvalue weighted by molar-refractivity contribution is 7.87. The Balaban J connectivity index is 1.32. The van der Waals surface area contributed by atoms with Gasteiger partial charge < -0.3 is 29.6 Å². The van der Waals surface area contributed by atoms with Gasteiger partial charge in [-0.3, -0.25) is 27.3 Å². The van der Waals surface area contributed by atoms with Gasteiger partial charge in [-0.05, 0) is 148 Å². The second-order valence-electron chi connectivity index (χ2n) is 19.8. The van der Waals surface area contributed by atoms with E-state index in [-0.39, 0.29) is 142 Å². The van der Waals surface area contributed by atoms with Crippen LogP contribution in [0.4, 0.5) is 61.7 Å². The van der Waals surface area contributed by atoms with E-state index >= 15 is 0 Å². The van der Waals surface area contributed by atoms with Gasteiger partial charge in [-0.25, -0.2) is 4.79 Å². The zero-order chi connectivity index (χ0) is 67.8. The maximum Gasteiger partial charge on any atom is 0.323 e. The van der Waals surface area contributed by atoms with E-state index in [4.69, 9.17) is 18.9 Å². The summed E-state index contributed by atoms with van der Waals surface area (Å²) < 4.78 is 218. The van der Waals surface area contributed by atoms with E-state index in [0.717, 1.165) is 24.3 Å². The predicted molar refractivity (Wildman–Crippen MR) is 333 cm³/mol. The molecule has 0 saturated carbocycles. The summed E-state index contributed by atoms with van der Waals surface area (Å²) in [5.41, 5.74) is 2.79. The SMILES string of the molecule is Cc1cc(N=Nc2cc(OCCCS(=O)(=O)O)c(NC(=O)Nc3cc(C)c(N=Nc4cc(C)c(N=Nc5ccc(S(=O)(=O)O)cc5)cc4OCCCS(=O)(=O)O)cc3OCCCS(=O)(=O)O)cc2C)c(OCCCS(=O)(=O)O)cc1N=Nc1ccc(S(=O)(=O)O)cc1. The lowest BCUT2D eigenvalue weighted by Crippen LogP contribution is -2.21. The quantitative estimate of drug-likeness (QED) is 0.0110. The average molecular weight is 1400 g/mol. The third-order valence-corrected chi connectivity index (χ3v) is 17.2. The van der Waals surface area contributed by atoms with Crippen molar-refractivity contribution < 1.29 is 102 Å². The lowest BCUT2D eigenvalue weighted by atomic mass is 10.1. The van der Waals surface area contributed by atoms with Crippen molar-refractivity contribution in [2.24, 2.45) is 40.9 Å². The average Bonchev–Trinajstić information content (AvgIpc) is 0.878. The smallest absolute Gasteiger partial charge is 0.323 e. The predicted octanol–water partition coefficient (Wildman–Crippen LogP) is 11.3. The second-order valence-corrected chi connectivity index (χ2v) is 28.9. The minimum Gasteiger partial charge on any atom is -0.491 e. The van der Waals surface area contributed by atoms with Crippen LogP contribution in [0.1, 0.15) is 47.9 Å². The zero-order valence-electron chi connectivity index (χ0n) is 48.9. The van der Waals surface area contributed by atoms with E-state index in [1.54, 1.807) is 27.7 Å². The number of nitrogens with zero attached hydrogens (tertiary/aromatic N) is 8. The summed E-state index contributed by atoms with van der Waals surface area (Å²) in [5, 5.41) is 39.5. The Morgan fingerprint density at radius 2 is 0.598 bits per heavy atom. The van der Waals surface area contributed by atoms with Gasteiger partial charge in [0, 0.05) is 24.3 Å². The molecule has 0 spiro atoms. The summed E-state index contributed by atoms with van der Waals surface area (Å²) in [6.07, 6.45) is -0.766. The highest BCUT2D eigenvalue weighted by atomic mass is 32.2. The summed E-state index contributed by atoms with van der Waals surface area (Å²) in [7, 11) is -26.5. The molecule has 0 heterocycles. The van der Waals surface area contributed by atoms with Gasteiger partial charge in [-0.15, -0.1) is 10.2 Å². The standard InChI is InChI=1S/C53H60N10O23S6/c1-33-25-45(49(83-17-5-21-87(65,66)67)29-43(33)60-62-47-27-35(3)41(31-51(47)85-19-7-23-89(71,72)73)58-56-37-9-13-39(14-10-37)91(77,78)79)54-53(64)55-46-26-34(2)44(30-50(46)84-18-6-22-88(68,69)70)61-63-48-28-36(4)42(32-52(48)86-20-8-24-90(74,75)76)59-57-38-11-15-40(16-12-38)92(80,81)82/h9-16,25-32H,5-8,17-24H2,1-4H3,(H2,54,55,64)(H,65,66,67)(H,68,69,70)(H,71,72,73)(H,74,75,76)(H,77,78,79)(H,80,81,82). The van der Waals surface area contributed by atoms with Crippen molar-refractivity contribution in [3.05, 3.63) is 119 Å². The Bertz CT molecular complexity index is 4250. The third-order valence-electron chi connectivity index (χ3n) is 12.2. The minimum absolute atomic E-state index is 0.0105. The molecule has 2 amide bonds. The van der Waals surface area contributed by atoms with Gasteiger partial charge in [0.15, 0.2) is 0 Å². The van der Waals surface area contributed by atoms with Crippen molar-refractivity contribution in [3.8, 4) is 23.0 Å². The molecule has 92 heavy (non-hydrogen) atoms. The molecule has 0 aliphatic rings. The molecule has 0 unspecified atom stereocenters. The summed E-state index contributed by atoms with van der Waals surface area (Å²) in [4.78, 5) is 13.3. The van der Waals surface area contributed by atoms with Crippen LogP contribution in [0.5, 0.6) is 23.0 Å². The molecule has 0 atom stereocenters. The van der Waals surface area contributed by atoms with Crippen molar-refractivity contribution in [1.29, 1.82) is 0 Å². The number of anilines is 2. The maximum atomic E-state index is 14.0. The number of carbonyl (C=O) groups is 1. The molecular weight excluding hydrogens is 1340 g/mol. The van der Waals surface area contributed by atoms with Crippen LogP contribution in [0, 0.1) is 27.7 Å². The van der Waals surface area contributed by atoms with E-state index in [9.17, 15) is 82.6 Å². The molecular formula is C53H60N10O23S6. The number of benzene rings is 6. The van der Waals surface area contributed by atoms with Gasteiger partial charge >= 0.3 is 6.03 Å². The van der Waals surface area contributed by atoms with E-state index in [1.165, 1.54) is 72.8 Å². The Hall–Kier alpha value is -8.35. The number of rotatable bonds is 32. The molecule has 0 aliphatic carbocycles. The van der Waals surface area contributed by atoms with Gasteiger partial charge in [-0.2, -0.15) is 81.2 Å². The normalized spacial score (nSPS) is 12.7. The highest BCUT2D eigenvalue weighted by Gasteiger charge is 2.20. The Kier molecular flexibility index (Phi) is 24.7. The number of aryl methyl sites for hydroxylation is 4. The van der Waals surface area contributed by atoms with E-state index in [0.29, 0.717) is 22.3 Å². The van der Waals surface area contributed by atoms with E-state index < -0.39 is 89.8 Å². The molecule has 0 aliphatic heterocycles. The molecule has 0 aromatic heterocycles. The number of hydrogen-bond donors (Lipinski definition) is 8. The van der Waals surface area contributed by atoms with Gasteiger partial charge in [0.2, 0.25) is 0 Å². The van der Waals surface area contributed by atoms with Gasteiger partial charge in [0.1, 0.15) is 34.4 Å². The molecule has 496 valence electrons. The van der Waals surface area contributed by atoms with Crippen LogP contribution in [0.2, 0.25) is 0 Å². The largest absolute Gasteiger partial charge is 0.491 e. The Morgan fingerprint density at radius 3 is 0.880 bits per heavy atom. The van der Waals surface area contributed by atoms with Crippen LogP contribution < -0.4 is 29.6 Å². The molecule has 0 radical (unpaired) electrons. The van der Waals surface area contributed by atoms with Crippen LogP contribution in [0.25, 0.3) is 0 Å². The highest BCUT2D eigenvalue weighted by Crippen LogP contribution is 2.42. The molecule has 33 nitrogen and oxygen atoms in total. The number of carbonyl (C=O) groups excluding carboxylic acids is 1. The van der Waals surface area contributed by atoms with Crippen molar-refractivity contribution in [1.82, 2.24) is 0 Å². The fourth-order valence-corrected chi connectivity index (χ4v) is 10.6.